The smallest absolute Gasteiger partial charge is 0.308 e. The number of hydrogen-bond acceptors (Lipinski definition) is 4. The first kappa shape index (κ1) is 11.8. The summed E-state index contributed by atoms with van der Waals surface area (Å²) < 4.78 is 7.64. The first-order valence-electron chi connectivity index (χ1n) is 4.77. The number of nitrogens with zero attached hydrogens (tertiary/aromatic N) is 2. The summed E-state index contributed by atoms with van der Waals surface area (Å²) in [4.78, 5) is 11.5. The molecule has 7 heteroatoms. The van der Waals surface area contributed by atoms with E-state index in [-0.39, 0.29) is 6.03 Å². The zero-order valence-electron chi connectivity index (χ0n) is 8.90. The Morgan fingerprint density at radius 2 is 2.24 bits per heavy atom. The number of carbonyl (C=O) groups excluding carboxylic acids is 1. The average molecular weight is 269 g/mol. The minimum Gasteiger partial charge on any atom is -0.308 e. The van der Waals surface area contributed by atoms with E-state index in [0.29, 0.717) is 16.5 Å². The van der Waals surface area contributed by atoms with Crippen LogP contribution in [0.25, 0.3) is 0 Å². The van der Waals surface area contributed by atoms with E-state index in [1.54, 1.807) is 12.1 Å². The zero-order chi connectivity index (χ0) is 12.3. The van der Waals surface area contributed by atoms with Gasteiger partial charge in [0.2, 0.25) is 0 Å². The van der Waals surface area contributed by atoms with Gasteiger partial charge in [-0.25, -0.2) is 4.79 Å². The fourth-order valence-electron chi connectivity index (χ4n) is 1.17. The number of amides is 2. The summed E-state index contributed by atoms with van der Waals surface area (Å²) in [5, 5.41) is 5.81. The molecule has 1 aromatic heterocycles. The lowest BCUT2D eigenvalue weighted by molar-refractivity contribution is 0.262. The topological polar surface area (TPSA) is 66.9 Å². The highest BCUT2D eigenvalue weighted by Gasteiger charge is 2.05. The summed E-state index contributed by atoms with van der Waals surface area (Å²) in [5.41, 5.74) is 1.59. The highest BCUT2D eigenvalue weighted by atomic mass is 35.5. The van der Waals surface area contributed by atoms with Gasteiger partial charge in [-0.15, -0.1) is 0 Å². The highest BCUT2D eigenvalue weighted by Crippen LogP contribution is 2.20. The third kappa shape index (κ3) is 3.15. The number of urea groups is 1. The summed E-state index contributed by atoms with van der Waals surface area (Å²) in [6.45, 7) is 1.90. The van der Waals surface area contributed by atoms with E-state index in [0.717, 1.165) is 17.3 Å². The Kier molecular flexibility index (Phi) is 3.55. The van der Waals surface area contributed by atoms with Gasteiger partial charge < -0.3 is 5.32 Å². The molecule has 2 N–H and O–H groups in total. The number of carbonyl (C=O) groups is 1. The van der Waals surface area contributed by atoms with E-state index >= 15 is 0 Å². The fourth-order valence-corrected chi connectivity index (χ4v) is 1.72. The average Bonchev–Trinajstić information content (AvgIpc) is 2.76. The van der Waals surface area contributed by atoms with Crippen LogP contribution in [0.15, 0.2) is 24.4 Å². The number of anilines is 2. The molecular formula is C10H9ClN4OS. The molecule has 0 bridgehead atoms. The van der Waals surface area contributed by atoms with Crippen molar-refractivity contribution < 1.29 is 4.79 Å². The van der Waals surface area contributed by atoms with Crippen molar-refractivity contribution in [1.82, 2.24) is 8.75 Å². The SMILES string of the molecule is Cc1ccc(NC(=O)Nc2cnsn2)cc1Cl. The molecule has 88 valence electrons. The Labute approximate surface area is 107 Å². The molecule has 5 nitrogen and oxygen atoms in total. The Bertz CT molecular complexity index is 529. The maximum Gasteiger partial charge on any atom is 0.324 e. The molecule has 0 aliphatic carbocycles. The number of rotatable bonds is 2. The Hall–Kier alpha value is -1.66. The third-order valence-electron chi connectivity index (χ3n) is 2.03. The minimum atomic E-state index is -0.377. The van der Waals surface area contributed by atoms with E-state index in [1.165, 1.54) is 6.20 Å². The van der Waals surface area contributed by atoms with Crippen molar-refractivity contribution in [1.29, 1.82) is 0 Å². The van der Waals surface area contributed by atoms with Gasteiger partial charge in [-0.1, -0.05) is 17.7 Å². The lowest BCUT2D eigenvalue weighted by atomic mass is 10.2. The van der Waals surface area contributed by atoms with Gasteiger partial charge in [-0.3, -0.25) is 5.32 Å². The Morgan fingerprint density at radius 3 is 2.88 bits per heavy atom. The third-order valence-corrected chi connectivity index (χ3v) is 2.92. The lowest BCUT2D eigenvalue weighted by Gasteiger charge is -2.06. The summed E-state index contributed by atoms with van der Waals surface area (Å²) in [6.07, 6.45) is 1.48. The van der Waals surface area contributed by atoms with Gasteiger partial charge in [0.1, 0.15) is 0 Å². The molecule has 0 unspecified atom stereocenters. The summed E-state index contributed by atoms with van der Waals surface area (Å²) >= 11 is 6.98. The van der Waals surface area contributed by atoms with Crippen LogP contribution in [0.5, 0.6) is 0 Å². The molecule has 0 fully saturated rings. The molecule has 2 aromatic rings. The summed E-state index contributed by atoms with van der Waals surface area (Å²) in [6, 6.07) is 4.93. The van der Waals surface area contributed by atoms with E-state index in [4.69, 9.17) is 11.6 Å². The molecule has 1 aromatic carbocycles. The van der Waals surface area contributed by atoms with Crippen molar-refractivity contribution in [3.05, 3.63) is 35.0 Å². The van der Waals surface area contributed by atoms with Gasteiger partial charge in [0.25, 0.3) is 0 Å². The molecule has 0 atom stereocenters. The van der Waals surface area contributed by atoms with Gasteiger partial charge in [-0.2, -0.15) is 8.75 Å². The molecule has 2 rings (SSSR count). The number of nitrogens with one attached hydrogen (secondary N) is 2. The van der Waals surface area contributed by atoms with Gasteiger partial charge >= 0.3 is 6.03 Å². The molecule has 2 amide bonds. The fraction of sp³-hybridized carbons (Fsp3) is 0.100. The summed E-state index contributed by atoms with van der Waals surface area (Å²) in [5.74, 6) is 0.422. The second-order valence-electron chi connectivity index (χ2n) is 3.34. The van der Waals surface area contributed by atoms with Crippen LogP contribution in [0.2, 0.25) is 5.02 Å². The molecule has 0 aliphatic heterocycles. The molecular weight excluding hydrogens is 260 g/mol. The van der Waals surface area contributed by atoms with Gasteiger partial charge in [-0.05, 0) is 24.6 Å². The van der Waals surface area contributed by atoms with E-state index in [9.17, 15) is 4.79 Å². The Balaban J connectivity index is 2.00. The minimum absolute atomic E-state index is 0.377. The van der Waals surface area contributed by atoms with Crippen LogP contribution >= 0.6 is 23.3 Å². The molecule has 0 saturated heterocycles. The molecule has 0 aliphatic rings. The van der Waals surface area contributed by atoms with Crippen molar-refractivity contribution in [2.24, 2.45) is 0 Å². The van der Waals surface area contributed by atoms with Crippen LogP contribution in [0.4, 0.5) is 16.3 Å². The van der Waals surface area contributed by atoms with E-state index in [2.05, 4.69) is 19.4 Å². The quantitative estimate of drug-likeness (QED) is 0.879. The van der Waals surface area contributed by atoms with Gasteiger partial charge in [0.15, 0.2) is 5.82 Å². The number of aryl methyl sites for hydroxylation is 1. The van der Waals surface area contributed by atoms with Crippen LogP contribution in [-0.4, -0.2) is 14.8 Å². The van der Waals surface area contributed by atoms with Crippen LogP contribution < -0.4 is 10.6 Å². The summed E-state index contributed by atoms with van der Waals surface area (Å²) in [7, 11) is 0. The largest absolute Gasteiger partial charge is 0.324 e. The maximum absolute atomic E-state index is 11.5. The molecule has 17 heavy (non-hydrogen) atoms. The second-order valence-corrected chi connectivity index (χ2v) is 4.30. The van der Waals surface area contributed by atoms with Gasteiger partial charge in [0, 0.05) is 10.7 Å². The molecule has 0 saturated carbocycles. The number of aromatic nitrogens is 2. The highest BCUT2D eigenvalue weighted by molar-refractivity contribution is 6.99. The normalized spacial score (nSPS) is 10.0. The van der Waals surface area contributed by atoms with Crippen molar-refractivity contribution in [3.63, 3.8) is 0 Å². The lowest BCUT2D eigenvalue weighted by Crippen LogP contribution is -2.19. The van der Waals surface area contributed by atoms with E-state index in [1.807, 2.05) is 13.0 Å². The van der Waals surface area contributed by atoms with Crippen molar-refractivity contribution in [2.75, 3.05) is 10.6 Å². The number of halogens is 1. The van der Waals surface area contributed by atoms with Crippen molar-refractivity contribution >= 4 is 40.9 Å². The van der Waals surface area contributed by atoms with Gasteiger partial charge in [0.05, 0.1) is 17.9 Å². The molecule has 1 heterocycles. The molecule has 0 radical (unpaired) electrons. The standard InChI is InChI=1S/C10H9ClN4OS/c1-6-2-3-7(4-8(6)11)13-10(16)14-9-5-12-17-15-9/h2-5H,1H3,(H2,13,14,15,16). The predicted molar refractivity (Wildman–Crippen MR) is 68.7 cm³/mol. The zero-order valence-corrected chi connectivity index (χ0v) is 10.5. The van der Waals surface area contributed by atoms with Crippen LogP contribution in [-0.2, 0) is 0 Å². The maximum atomic E-state index is 11.5. The van der Waals surface area contributed by atoms with Crippen molar-refractivity contribution in [2.45, 2.75) is 6.92 Å². The monoisotopic (exact) mass is 268 g/mol. The second kappa shape index (κ2) is 5.11. The van der Waals surface area contributed by atoms with Crippen LogP contribution in [0, 0.1) is 6.92 Å². The first-order valence-corrected chi connectivity index (χ1v) is 5.88. The van der Waals surface area contributed by atoms with Crippen LogP contribution in [0.3, 0.4) is 0 Å². The predicted octanol–water partition coefficient (Wildman–Crippen LogP) is 3.14. The first-order chi connectivity index (χ1) is 8.15. The number of benzene rings is 1. The van der Waals surface area contributed by atoms with Crippen molar-refractivity contribution in [3.8, 4) is 0 Å². The van der Waals surface area contributed by atoms with E-state index < -0.39 is 0 Å². The Morgan fingerprint density at radius 1 is 1.41 bits per heavy atom. The number of hydrogen-bond donors (Lipinski definition) is 2. The van der Waals surface area contributed by atoms with Crippen LogP contribution in [0.1, 0.15) is 5.56 Å². The molecule has 0 spiro atoms.